The monoisotopic (exact) mass is 554 g/mol. The number of fused-ring (bicyclic) bond motifs is 1. The van der Waals surface area contributed by atoms with Crippen molar-refractivity contribution in [3.05, 3.63) is 70.4 Å². The highest BCUT2D eigenvalue weighted by Gasteiger charge is 2.36. The number of aryl methyl sites for hydroxylation is 1. The molecule has 0 bridgehead atoms. The standard InChI is InChI=1S/C30H30N6O5/c1-15-9-23(41-36-15)26-21-14-31-35-27(37)20-12-19(13-22(33-26)24(20)21)32-28(38)25(34-29(39)40-30(2,3)4)18-10-16-7-5-6-8-17(16)11-18/h5-9,12-14,18,25,33H,10-11H2,1-4H3,(H,32,38)(H,34,39)(H,35,37)/t25-/m1/s1. The Bertz CT molecular complexity index is 1700. The lowest BCUT2D eigenvalue weighted by atomic mass is 9.95. The average molecular weight is 555 g/mol. The number of aromatic nitrogens is 2. The van der Waals surface area contributed by atoms with Gasteiger partial charge in [-0.3, -0.25) is 9.59 Å². The summed E-state index contributed by atoms with van der Waals surface area (Å²) in [5, 5.41) is 14.4. The third-order valence-corrected chi connectivity index (χ3v) is 7.19. The van der Waals surface area contributed by atoms with Crippen molar-refractivity contribution in [2.75, 3.05) is 5.32 Å². The highest BCUT2D eigenvalue weighted by Crippen LogP contribution is 2.35. The summed E-state index contributed by atoms with van der Waals surface area (Å²) in [5.74, 6) is -0.521. The minimum atomic E-state index is -0.879. The van der Waals surface area contributed by atoms with Gasteiger partial charge in [-0.25, -0.2) is 10.2 Å². The molecule has 0 radical (unpaired) electrons. The van der Waals surface area contributed by atoms with Gasteiger partial charge in [-0.05, 0) is 69.7 Å². The summed E-state index contributed by atoms with van der Waals surface area (Å²) in [7, 11) is 0. The Kier molecular flexibility index (Phi) is 6.36. The van der Waals surface area contributed by atoms with E-state index in [-0.39, 0.29) is 5.92 Å². The fourth-order valence-corrected chi connectivity index (χ4v) is 5.51. The quantitative estimate of drug-likeness (QED) is 0.286. The number of alkyl carbamates (subject to hydrolysis) is 1. The first-order chi connectivity index (χ1) is 19.6. The number of ether oxygens (including phenoxy) is 1. The molecule has 6 rings (SSSR count). The Morgan fingerprint density at radius 3 is 2.51 bits per heavy atom. The van der Waals surface area contributed by atoms with E-state index < -0.39 is 29.6 Å². The lowest BCUT2D eigenvalue weighted by molar-refractivity contribution is -0.119. The third-order valence-electron chi connectivity index (χ3n) is 7.19. The molecule has 1 atom stereocenters. The summed E-state index contributed by atoms with van der Waals surface area (Å²) >= 11 is 0. The van der Waals surface area contributed by atoms with E-state index in [4.69, 9.17) is 9.26 Å². The Balaban J connectivity index is 1.34. The van der Waals surface area contributed by atoms with Gasteiger partial charge in [-0.15, -0.1) is 0 Å². The van der Waals surface area contributed by atoms with E-state index in [0.29, 0.717) is 57.7 Å². The molecule has 0 saturated carbocycles. The predicted octanol–water partition coefficient (Wildman–Crippen LogP) is 4.46. The number of hydrazone groups is 1. The summed E-state index contributed by atoms with van der Waals surface area (Å²) in [6.45, 7) is 7.12. The van der Waals surface area contributed by atoms with Gasteiger partial charge in [0.15, 0.2) is 5.76 Å². The molecule has 3 amide bonds. The fourth-order valence-electron chi connectivity index (χ4n) is 5.51. The summed E-state index contributed by atoms with van der Waals surface area (Å²) in [4.78, 5) is 42.9. The van der Waals surface area contributed by atoms with Crippen molar-refractivity contribution >= 4 is 40.7 Å². The van der Waals surface area contributed by atoms with Gasteiger partial charge >= 0.3 is 6.09 Å². The van der Waals surface area contributed by atoms with Gasteiger partial charge in [0.05, 0.1) is 23.2 Å². The van der Waals surface area contributed by atoms with Gasteiger partial charge in [-0.1, -0.05) is 29.4 Å². The zero-order valence-electron chi connectivity index (χ0n) is 23.1. The van der Waals surface area contributed by atoms with E-state index in [1.807, 2.05) is 31.2 Å². The second kappa shape index (κ2) is 9.92. The van der Waals surface area contributed by atoms with E-state index in [2.05, 4.69) is 31.3 Å². The molecule has 1 aliphatic carbocycles. The van der Waals surface area contributed by atoms with Gasteiger partial charge in [0, 0.05) is 28.2 Å². The fraction of sp³-hybridized carbons (Fsp3) is 0.300. The number of carbonyl (C=O) groups is 3. The Labute approximate surface area is 235 Å². The zero-order chi connectivity index (χ0) is 28.9. The number of carbonyl (C=O) groups excluding carboxylic acids is 3. The summed E-state index contributed by atoms with van der Waals surface area (Å²) in [6, 6.07) is 12.3. The molecule has 4 aromatic rings. The maximum Gasteiger partial charge on any atom is 0.408 e. The maximum absolute atomic E-state index is 13.8. The topological polar surface area (TPSA) is 151 Å². The molecule has 11 heteroatoms. The molecule has 210 valence electrons. The first kappa shape index (κ1) is 26.3. The van der Waals surface area contributed by atoms with Crippen molar-refractivity contribution in [2.45, 2.75) is 52.2 Å². The Morgan fingerprint density at radius 1 is 1.12 bits per heavy atom. The van der Waals surface area contributed by atoms with E-state index in [1.165, 1.54) is 0 Å². The number of hydrogen-bond donors (Lipinski definition) is 4. The molecule has 11 nitrogen and oxygen atoms in total. The van der Waals surface area contributed by atoms with Crippen LogP contribution in [0.15, 0.2) is 52.1 Å². The number of nitrogens with zero attached hydrogens (tertiary/aromatic N) is 2. The van der Waals surface area contributed by atoms with Gasteiger partial charge in [0.1, 0.15) is 11.6 Å². The molecule has 0 unspecified atom stereocenters. The lowest BCUT2D eigenvalue weighted by Gasteiger charge is -2.26. The molecule has 0 fully saturated rings. The predicted molar refractivity (Wildman–Crippen MR) is 153 cm³/mol. The van der Waals surface area contributed by atoms with Crippen LogP contribution in [0.3, 0.4) is 0 Å². The summed E-state index contributed by atoms with van der Waals surface area (Å²) in [6.07, 6.45) is 2.15. The highest BCUT2D eigenvalue weighted by molar-refractivity contribution is 6.18. The summed E-state index contributed by atoms with van der Waals surface area (Å²) in [5.41, 5.74) is 7.37. The smallest absolute Gasteiger partial charge is 0.408 e. The first-order valence-corrected chi connectivity index (χ1v) is 13.4. The molecule has 3 heterocycles. The normalized spacial score (nSPS) is 15.3. The van der Waals surface area contributed by atoms with Crippen LogP contribution in [-0.2, 0) is 22.4 Å². The van der Waals surface area contributed by atoms with Gasteiger partial charge in [-0.2, -0.15) is 5.10 Å². The van der Waals surface area contributed by atoms with Crippen LogP contribution in [0.4, 0.5) is 10.5 Å². The van der Waals surface area contributed by atoms with Crippen molar-refractivity contribution < 1.29 is 23.6 Å². The molecule has 4 N–H and O–H groups in total. The molecular weight excluding hydrogens is 524 g/mol. The highest BCUT2D eigenvalue weighted by atomic mass is 16.6. The van der Waals surface area contributed by atoms with Crippen molar-refractivity contribution in [3.63, 3.8) is 0 Å². The van der Waals surface area contributed by atoms with Crippen LogP contribution in [-0.4, -0.2) is 45.9 Å². The SMILES string of the molecule is Cc1cc(-c2[nH]c3cc(NC(=O)[C@H](NC(=O)OC(C)(C)C)C4Cc5ccccc5C4)cc4c3c2C=NNC4=O)on1. The van der Waals surface area contributed by atoms with Crippen molar-refractivity contribution in [1.82, 2.24) is 20.9 Å². The Morgan fingerprint density at radius 2 is 1.85 bits per heavy atom. The number of benzene rings is 2. The maximum atomic E-state index is 13.8. The molecule has 41 heavy (non-hydrogen) atoms. The zero-order valence-corrected chi connectivity index (χ0v) is 23.1. The number of H-pyrrole nitrogens is 1. The van der Waals surface area contributed by atoms with Crippen LogP contribution in [0.1, 0.15) is 53.5 Å². The van der Waals surface area contributed by atoms with Gasteiger partial charge in [0.25, 0.3) is 5.91 Å². The van der Waals surface area contributed by atoms with Gasteiger partial charge < -0.3 is 24.9 Å². The molecule has 0 saturated heterocycles. The van der Waals surface area contributed by atoms with Crippen LogP contribution in [0.2, 0.25) is 0 Å². The minimum absolute atomic E-state index is 0.180. The van der Waals surface area contributed by atoms with Crippen LogP contribution >= 0.6 is 0 Å². The van der Waals surface area contributed by atoms with E-state index >= 15 is 0 Å². The number of rotatable bonds is 5. The average Bonchev–Trinajstić information content (AvgIpc) is 3.59. The van der Waals surface area contributed by atoms with E-state index in [1.54, 1.807) is 45.2 Å². The molecule has 0 spiro atoms. The molecule has 2 aromatic carbocycles. The van der Waals surface area contributed by atoms with E-state index in [9.17, 15) is 14.4 Å². The van der Waals surface area contributed by atoms with Crippen LogP contribution < -0.4 is 16.1 Å². The van der Waals surface area contributed by atoms with Crippen molar-refractivity contribution in [1.29, 1.82) is 0 Å². The van der Waals surface area contributed by atoms with Crippen molar-refractivity contribution in [3.8, 4) is 11.5 Å². The van der Waals surface area contributed by atoms with E-state index in [0.717, 1.165) is 11.1 Å². The summed E-state index contributed by atoms with van der Waals surface area (Å²) < 4.78 is 10.9. The molecular formula is C30H30N6O5. The van der Waals surface area contributed by atoms with Crippen molar-refractivity contribution in [2.24, 2.45) is 11.0 Å². The number of nitrogens with one attached hydrogen (secondary N) is 4. The lowest BCUT2D eigenvalue weighted by Crippen LogP contribution is -2.50. The third kappa shape index (κ3) is 5.18. The first-order valence-electron chi connectivity index (χ1n) is 13.4. The number of hydrogen-bond acceptors (Lipinski definition) is 7. The second-order valence-electron chi connectivity index (χ2n) is 11.4. The Hall–Kier alpha value is -4.93. The van der Waals surface area contributed by atoms with Crippen LogP contribution in [0.25, 0.3) is 22.4 Å². The second-order valence-corrected chi connectivity index (χ2v) is 11.4. The van der Waals surface area contributed by atoms with Crippen LogP contribution in [0, 0.1) is 12.8 Å². The minimum Gasteiger partial charge on any atom is -0.444 e. The van der Waals surface area contributed by atoms with Crippen LogP contribution in [0.5, 0.6) is 0 Å². The van der Waals surface area contributed by atoms with Gasteiger partial charge in [0.2, 0.25) is 5.91 Å². The number of anilines is 1. The largest absolute Gasteiger partial charge is 0.444 e. The number of amides is 3. The molecule has 2 aromatic heterocycles. The molecule has 2 aliphatic rings. The molecule has 1 aliphatic heterocycles. The number of aromatic amines is 1.